The Morgan fingerprint density at radius 2 is 1.36 bits per heavy atom. The van der Waals surface area contributed by atoms with Crippen molar-refractivity contribution in [1.82, 2.24) is 0 Å². The van der Waals surface area contributed by atoms with Gasteiger partial charge in [-0.3, -0.25) is 0 Å². The molecule has 0 aromatic carbocycles. The van der Waals surface area contributed by atoms with E-state index < -0.39 is 34.9 Å². The number of hydrogen-bond donors (Lipinski definition) is 0. The summed E-state index contributed by atoms with van der Waals surface area (Å²) in [6, 6.07) is 0. The molecule has 134 valence electrons. The monoisotopic (exact) mass is 488 g/mol. The van der Waals surface area contributed by atoms with Crippen LogP contribution in [0.3, 0.4) is 0 Å². The zero-order chi connectivity index (χ0) is 17.2. The van der Waals surface area contributed by atoms with Crippen molar-refractivity contribution in [1.29, 1.82) is 0 Å². The van der Waals surface area contributed by atoms with Crippen LogP contribution in [0.25, 0.3) is 0 Å². The molecule has 3 atom stereocenters. The zero-order valence-electron chi connectivity index (χ0n) is 13.7. The Bertz CT molecular complexity index is 313. The molecule has 6 nitrogen and oxygen atoms in total. The molecule has 0 aromatic heterocycles. The van der Waals surface area contributed by atoms with Crippen molar-refractivity contribution in [2.45, 2.75) is 51.2 Å². The summed E-state index contributed by atoms with van der Waals surface area (Å²) >= 11 is 8.71. The number of halogens is 2. The van der Waals surface area contributed by atoms with E-state index in [2.05, 4.69) is 0 Å². The average molecular weight is 490 g/mol. The normalized spacial score (nSPS) is 16.7. The van der Waals surface area contributed by atoms with Crippen LogP contribution in [0.2, 0.25) is 0 Å². The van der Waals surface area contributed by atoms with E-state index in [-0.39, 0.29) is 24.0 Å². The first-order valence-corrected chi connectivity index (χ1v) is 12.8. The van der Waals surface area contributed by atoms with Gasteiger partial charge in [0.2, 0.25) is 0 Å². The molecular weight excluding hydrogens is 464 g/mol. The maximum atomic E-state index is 12.6. The molecule has 0 bridgehead atoms. The van der Waals surface area contributed by atoms with Crippen LogP contribution in [-0.2, 0) is 22.7 Å². The Morgan fingerprint density at radius 3 is 1.68 bits per heavy atom. The topological polar surface area (TPSA) is 63.2 Å². The number of rotatable bonds is 13. The van der Waals surface area contributed by atoms with Crippen LogP contribution in [0.15, 0.2) is 0 Å². The van der Waals surface area contributed by atoms with Gasteiger partial charge in [0.15, 0.2) is 0 Å². The molecule has 0 radical (unpaired) electrons. The van der Waals surface area contributed by atoms with E-state index in [4.69, 9.17) is 41.3 Å². The maximum absolute atomic E-state index is 12.6. The third-order valence-electron chi connectivity index (χ3n) is 2.12. The second-order valence-corrected chi connectivity index (χ2v) is 11.6. The van der Waals surface area contributed by atoms with Crippen molar-refractivity contribution in [2.75, 3.05) is 26.4 Å². The Balaban J connectivity index is 4.73. The van der Waals surface area contributed by atoms with Gasteiger partial charge >= 0.3 is 153 Å². The fourth-order valence-corrected chi connectivity index (χ4v) is 7.94. The third kappa shape index (κ3) is 10.3. The molecule has 0 saturated heterocycles. The van der Waals surface area contributed by atoms with Crippen LogP contribution < -0.4 is 0 Å². The van der Waals surface area contributed by atoms with E-state index in [1.165, 1.54) is 0 Å². The van der Waals surface area contributed by atoms with Gasteiger partial charge in [0.05, 0.1) is 0 Å². The number of hydrogen-bond acceptors (Lipinski definition) is 6. The minimum atomic E-state index is -3.36. The summed E-state index contributed by atoms with van der Waals surface area (Å²) < 4.78 is 40.1. The second kappa shape index (κ2) is 12.7. The Kier molecular flexibility index (Phi) is 13.6. The van der Waals surface area contributed by atoms with Gasteiger partial charge in [-0.2, -0.15) is 0 Å². The predicted molar refractivity (Wildman–Crippen MR) is 89.7 cm³/mol. The molecule has 0 N–H and O–H groups in total. The Labute approximate surface area is 152 Å². The van der Waals surface area contributed by atoms with Gasteiger partial charge in [-0.15, -0.1) is 0 Å². The van der Waals surface area contributed by atoms with Crippen LogP contribution in [0.1, 0.15) is 34.6 Å². The molecule has 0 rings (SSSR count). The molecule has 10 heteroatoms. The molecule has 0 amide bonds. The van der Waals surface area contributed by atoms with E-state index in [0.29, 0.717) is 13.2 Å². The summed E-state index contributed by atoms with van der Waals surface area (Å²) in [5.41, 5.74) is 0. The first-order chi connectivity index (χ1) is 10.2. The average Bonchev–Trinajstić information content (AvgIpc) is 2.41. The van der Waals surface area contributed by atoms with Crippen molar-refractivity contribution in [3.63, 3.8) is 0 Å². The summed E-state index contributed by atoms with van der Waals surface area (Å²) in [7, 11) is -3.36. The van der Waals surface area contributed by atoms with E-state index in [9.17, 15) is 4.57 Å². The van der Waals surface area contributed by atoms with Crippen LogP contribution in [0.4, 0.5) is 0 Å². The van der Waals surface area contributed by atoms with E-state index >= 15 is 0 Å². The quantitative estimate of drug-likeness (QED) is 0.222. The molecular formula is C12H26Cl2O6PSb. The molecule has 0 aliphatic heterocycles. The van der Waals surface area contributed by atoms with E-state index in [0.717, 1.165) is 0 Å². The Hall–Kier alpha value is 1.43. The van der Waals surface area contributed by atoms with Gasteiger partial charge in [0.25, 0.3) is 0 Å². The van der Waals surface area contributed by atoms with Crippen molar-refractivity contribution in [2.24, 2.45) is 0 Å². The molecule has 0 aliphatic carbocycles. The van der Waals surface area contributed by atoms with Gasteiger partial charge in [-0.05, 0) is 0 Å². The van der Waals surface area contributed by atoms with E-state index in [1.54, 1.807) is 34.6 Å². The summed E-state index contributed by atoms with van der Waals surface area (Å²) in [5, 5.41) is -0.345. The molecule has 22 heavy (non-hydrogen) atoms. The summed E-state index contributed by atoms with van der Waals surface area (Å²) in [6.45, 7) is 9.84. The van der Waals surface area contributed by atoms with Gasteiger partial charge < -0.3 is 0 Å². The van der Waals surface area contributed by atoms with Gasteiger partial charge in [0.1, 0.15) is 0 Å². The summed E-state index contributed by atoms with van der Waals surface area (Å²) in [6.07, 6.45) is 0. The summed E-state index contributed by atoms with van der Waals surface area (Å²) in [5.74, 6) is -0.772. The number of alkyl halides is 2. The minimum absolute atomic E-state index is 0.173. The van der Waals surface area contributed by atoms with Crippen molar-refractivity contribution >= 4 is 52.3 Å². The Morgan fingerprint density at radius 1 is 0.955 bits per heavy atom. The van der Waals surface area contributed by atoms with Gasteiger partial charge in [-0.1, -0.05) is 0 Å². The molecule has 0 aliphatic rings. The van der Waals surface area contributed by atoms with Crippen molar-refractivity contribution in [3.05, 3.63) is 0 Å². The molecule has 0 saturated carbocycles. The fourth-order valence-electron chi connectivity index (χ4n) is 1.21. The van der Waals surface area contributed by atoms with Crippen LogP contribution in [-0.4, -0.2) is 64.5 Å². The zero-order valence-corrected chi connectivity index (χ0v) is 18.6. The molecule has 3 unspecified atom stereocenters. The molecule has 0 aromatic rings. The van der Waals surface area contributed by atoms with Crippen molar-refractivity contribution < 1.29 is 22.7 Å². The van der Waals surface area contributed by atoms with Crippen LogP contribution in [0, 0.1) is 0 Å². The predicted octanol–water partition coefficient (Wildman–Crippen LogP) is 3.89. The first kappa shape index (κ1) is 23.4. The van der Waals surface area contributed by atoms with Crippen LogP contribution in [0.5, 0.6) is 0 Å². The molecule has 0 spiro atoms. The second-order valence-electron chi connectivity index (χ2n) is 4.46. The van der Waals surface area contributed by atoms with Gasteiger partial charge in [-0.25, -0.2) is 0 Å². The SMILES string of the molecule is CCOP(=O)(OCC)C(C)[O][Sb]([O]CC(C)Cl)[O]CC(C)Cl. The first-order valence-electron chi connectivity index (χ1n) is 7.14. The summed E-state index contributed by atoms with van der Waals surface area (Å²) in [4.78, 5) is 0. The van der Waals surface area contributed by atoms with E-state index in [1.807, 2.05) is 0 Å². The van der Waals surface area contributed by atoms with Crippen molar-refractivity contribution in [3.8, 4) is 0 Å². The van der Waals surface area contributed by atoms with Crippen LogP contribution >= 0.6 is 30.8 Å². The third-order valence-corrected chi connectivity index (χ3v) is 8.55. The molecule has 0 fully saturated rings. The van der Waals surface area contributed by atoms with Gasteiger partial charge in [0, 0.05) is 0 Å². The molecule has 0 heterocycles. The standard InChI is InChI=1S/C6H14O4P.2C3H6ClO.Sb/c1-4-9-11(8,6(3)7)10-5-2;2*1-3(4)2-5;/h6H,4-5H2,1-3H3;2*3H,2H2,1H3;/q3*-1;+3. The fraction of sp³-hybridized carbons (Fsp3) is 1.00.